The molecular weight excluding hydrogens is 216 g/mol. The molecule has 4 nitrogen and oxygen atoms in total. The smallest absolute Gasteiger partial charge is 0.185 e. The molecule has 0 fully saturated rings. The predicted molar refractivity (Wildman–Crippen MR) is 66.3 cm³/mol. The molecule has 88 valence electrons. The summed E-state index contributed by atoms with van der Waals surface area (Å²) >= 11 is 0. The fourth-order valence-electron chi connectivity index (χ4n) is 1.66. The van der Waals surface area contributed by atoms with Gasteiger partial charge in [-0.25, -0.2) is 4.98 Å². The Balaban J connectivity index is 2.59. The molecule has 0 amide bonds. The summed E-state index contributed by atoms with van der Waals surface area (Å²) in [5.41, 5.74) is 4.02. The Morgan fingerprint density at radius 3 is 2.88 bits per heavy atom. The van der Waals surface area contributed by atoms with Crippen LogP contribution in [0.3, 0.4) is 0 Å². The largest absolute Gasteiger partial charge is 0.496 e. The summed E-state index contributed by atoms with van der Waals surface area (Å²) in [7, 11) is 1.61. The molecule has 0 bridgehead atoms. The molecule has 0 unspecified atom stereocenters. The predicted octanol–water partition coefficient (Wildman–Crippen LogP) is 3.09. The Bertz CT molecular complexity index is 596. The highest BCUT2D eigenvalue weighted by atomic mass is 16.5. The maximum Gasteiger partial charge on any atom is 0.185 e. The van der Waals surface area contributed by atoms with E-state index in [1.54, 1.807) is 13.2 Å². The second kappa shape index (κ2) is 4.41. The number of aryl methyl sites for hydroxylation is 1. The minimum atomic E-state index is 0.691. The second-order valence-electron chi connectivity index (χ2n) is 3.71. The van der Waals surface area contributed by atoms with E-state index in [0.29, 0.717) is 11.3 Å². The van der Waals surface area contributed by atoms with Crippen molar-refractivity contribution in [2.75, 3.05) is 7.11 Å². The molecule has 2 heterocycles. The van der Waals surface area contributed by atoms with Crippen molar-refractivity contribution in [2.24, 2.45) is 0 Å². The van der Waals surface area contributed by atoms with Crippen LogP contribution in [0.25, 0.3) is 16.7 Å². The van der Waals surface area contributed by atoms with Crippen molar-refractivity contribution in [3.63, 3.8) is 0 Å². The maximum absolute atomic E-state index is 5.22. The van der Waals surface area contributed by atoms with Gasteiger partial charge in [-0.1, -0.05) is 11.7 Å². The Hall–Kier alpha value is -2.10. The van der Waals surface area contributed by atoms with Gasteiger partial charge in [0.1, 0.15) is 17.0 Å². The lowest BCUT2D eigenvalue weighted by Gasteiger charge is -2.06. The maximum atomic E-state index is 5.22. The van der Waals surface area contributed by atoms with Crippen molar-refractivity contribution in [2.45, 2.75) is 13.8 Å². The fourth-order valence-corrected chi connectivity index (χ4v) is 1.66. The first kappa shape index (κ1) is 11.4. The first-order chi connectivity index (χ1) is 8.17. The summed E-state index contributed by atoms with van der Waals surface area (Å²) in [4.78, 5) is 4.51. The second-order valence-corrected chi connectivity index (χ2v) is 3.71. The average Bonchev–Trinajstić information content (AvgIpc) is 2.72. The molecule has 0 atom stereocenters. The van der Waals surface area contributed by atoms with Gasteiger partial charge in [0.15, 0.2) is 5.58 Å². The van der Waals surface area contributed by atoms with Gasteiger partial charge in [-0.05, 0) is 32.1 Å². The van der Waals surface area contributed by atoms with E-state index in [0.717, 1.165) is 22.5 Å². The van der Waals surface area contributed by atoms with Gasteiger partial charge in [0.05, 0.1) is 12.8 Å². The number of fused-ring (bicyclic) bond motifs is 1. The molecule has 17 heavy (non-hydrogen) atoms. The summed E-state index contributed by atoms with van der Waals surface area (Å²) in [6.45, 7) is 7.52. The van der Waals surface area contributed by atoms with Crippen LogP contribution in [-0.2, 0) is 4.74 Å². The summed E-state index contributed by atoms with van der Waals surface area (Å²) in [5.74, 6) is 0.714. The Morgan fingerprint density at radius 1 is 1.47 bits per heavy atom. The van der Waals surface area contributed by atoms with Crippen LogP contribution in [0.1, 0.15) is 18.3 Å². The van der Waals surface area contributed by atoms with Gasteiger partial charge < -0.3 is 9.26 Å². The minimum absolute atomic E-state index is 0.691. The number of aromatic nitrogens is 2. The lowest BCUT2D eigenvalue weighted by molar-refractivity contribution is 0.308. The summed E-state index contributed by atoms with van der Waals surface area (Å²) < 4.78 is 10.3. The quantitative estimate of drug-likeness (QED) is 0.600. The molecule has 2 aromatic heterocycles. The number of hydrogen-bond acceptors (Lipinski definition) is 4. The highest BCUT2D eigenvalue weighted by Gasteiger charge is 2.09. The number of methoxy groups -OCH3 is 1. The number of rotatable bonds is 3. The van der Waals surface area contributed by atoms with Crippen LogP contribution >= 0.6 is 0 Å². The van der Waals surface area contributed by atoms with E-state index in [2.05, 4.69) is 16.7 Å². The molecule has 0 radical (unpaired) electrons. The van der Waals surface area contributed by atoms with E-state index in [9.17, 15) is 0 Å². The highest BCUT2D eigenvalue weighted by Crippen LogP contribution is 2.22. The number of hydrogen-bond donors (Lipinski definition) is 0. The SMILES string of the molecule is C=C/C(OC)=C(\C)c1ccc2onc(C)c2n1. The van der Waals surface area contributed by atoms with Crippen LogP contribution in [0, 0.1) is 6.92 Å². The number of ether oxygens (including phenoxy) is 1. The first-order valence-electron chi connectivity index (χ1n) is 5.28. The van der Waals surface area contributed by atoms with E-state index in [1.807, 2.05) is 26.0 Å². The van der Waals surface area contributed by atoms with Gasteiger partial charge in [0, 0.05) is 5.57 Å². The lowest BCUT2D eigenvalue weighted by Crippen LogP contribution is -1.92. The van der Waals surface area contributed by atoms with E-state index in [1.165, 1.54) is 0 Å². The molecular formula is C13H14N2O2. The van der Waals surface area contributed by atoms with E-state index in [4.69, 9.17) is 9.26 Å². The summed E-state index contributed by atoms with van der Waals surface area (Å²) in [5, 5.41) is 3.88. The number of allylic oxidation sites excluding steroid dienone is 2. The van der Waals surface area contributed by atoms with Crippen molar-refractivity contribution in [1.29, 1.82) is 0 Å². The van der Waals surface area contributed by atoms with Crippen LogP contribution in [0.15, 0.2) is 35.1 Å². The summed E-state index contributed by atoms with van der Waals surface area (Å²) in [6, 6.07) is 3.74. The van der Waals surface area contributed by atoms with Crippen LogP contribution in [0.4, 0.5) is 0 Å². The number of pyridine rings is 1. The van der Waals surface area contributed by atoms with Crippen molar-refractivity contribution in [1.82, 2.24) is 10.1 Å². The van der Waals surface area contributed by atoms with Crippen molar-refractivity contribution < 1.29 is 9.26 Å². The summed E-state index contributed by atoms with van der Waals surface area (Å²) in [6.07, 6.45) is 1.67. The average molecular weight is 230 g/mol. The van der Waals surface area contributed by atoms with Crippen LogP contribution in [0.2, 0.25) is 0 Å². The van der Waals surface area contributed by atoms with Crippen LogP contribution in [-0.4, -0.2) is 17.3 Å². The molecule has 0 aromatic carbocycles. The van der Waals surface area contributed by atoms with Crippen molar-refractivity contribution >= 4 is 16.7 Å². The van der Waals surface area contributed by atoms with E-state index < -0.39 is 0 Å². The molecule has 0 aliphatic carbocycles. The molecule has 0 aliphatic rings. The Kier molecular flexibility index (Phi) is 2.95. The monoisotopic (exact) mass is 230 g/mol. The van der Waals surface area contributed by atoms with E-state index >= 15 is 0 Å². The molecule has 2 rings (SSSR count). The van der Waals surface area contributed by atoms with Gasteiger partial charge in [-0.3, -0.25) is 0 Å². The van der Waals surface area contributed by atoms with Gasteiger partial charge >= 0.3 is 0 Å². The number of nitrogens with zero attached hydrogens (tertiary/aromatic N) is 2. The van der Waals surface area contributed by atoms with Crippen molar-refractivity contribution in [3.05, 3.63) is 41.9 Å². The third-order valence-corrected chi connectivity index (χ3v) is 2.64. The third kappa shape index (κ3) is 1.93. The molecule has 0 saturated carbocycles. The normalized spacial score (nSPS) is 12.4. The van der Waals surface area contributed by atoms with Crippen molar-refractivity contribution in [3.8, 4) is 0 Å². The Labute approximate surface area is 99.6 Å². The topological polar surface area (TPSA) is 48.2 Å². The van der Waals surface area contributed by atoms with Crippen LogP contribution < -0.4 is 0 Å². The first-order valence-corrected chi connectivity index (χ1v) is 5.28. The molecule has 0 aliphatic heterocycles. The lowest BCUT2D eigenvalue weighted by atomic mass is 10.1. The third-order valence-electron chi connectivity index (χ3n) is 2.64. The molecule has 2 aromatic rings. The zero-order valence-electron chi connectivity index (χ0n) is 10.2. The highest BCUT2D eigenvalue weighted by molar-refractivity contribution is 5.78. The molecule has 4 heteroatoms. The standard InChI is InChI=1S/C13H14N2O2/c1-5-11(16-4)8(2)10-6-7-12-13(14-10)9(3)15-17-12/h5-7H,1H2,2-4H3/b11-8-. The molecule has 0 N–H and O–H groups in total. The van der Waals surface area contributed by atoms with E-state index in [-0.39, 0.29) is 0 Å². The Morgan fingerprint density at radius 2 is 2.24 bits per heavy atom. The molecule has 0 spiro atoms. The zero-order valence-corrected chi connectivity index (χ0v) is 10.2. The van der Waals surface area contributed by atoms with Gasteiger partial charge in [0.2, 0.25) is 0 Å². The van der Waals surface area contributed by atoms with Crippen LogP contribution in [0.5, 0.6) is 0 Å². The zero-order chi connectivity index (χ0) is 12.4. The van der Waals surface area contributed by atoms with Gasteiger partial charge in [-0.15, -0.1) is 0 Å². The van der Waals surface area contributed by atoms with Gasteiger partial charge in [-0.2, -0.15) is 0 Å². The minimum Gasteiger partial charge on any atom is -0.496 e. The van der Waals surface area contributed by atoms with Gasteiger partial charge in [0.25, 0.3) is 0 Å². The fraction of sp³-hybridized carbons (Fsp3) is 0.231. The molecule has 0 saturated heterocycles.